The van der Waals surface area contributed by atoms with Gasteiger partial charge in [0.05, 0.1) is 30.8 Å². The van der Waals surface area contributed by atoms with E-state index in [0.29, 0.717) is 48.6 Å². The highest BCUT2D eigenvalue weighted by Crippen LogP contribution is 2.47. The first-order valence-electron chi connectivity index (χ1n) is 17.9. The van der Waals surface area contributed by atoms with Crippen molar-refractivity contribution >= 4 is 33.1 Å². The molecule has 1 amide bonds. The molecular formula is C39H50ClN5O5S. The Hall–Kier alpha value is -3.64. The Balaban J connectivity index is 1.27. The molecule has 2 N–H and O–H groups in total. The van der Waals surface area contributed by atoms with Gasteiger partial charge in [-0.1, -0.05) is 29.8 Å². The number of hydrogen-bond donors (Lipinski definition) is 1. The van der Waals surface area contributed by atoms with Crippen LogP contribution in [0.2, 0.25) is 5.02 Å². The Bertz CT molecular complexity index is 1870. The van der Waals surface area contributed by atoms with Gasteiger partial charge in [-0.15, -0.1) is 22.6 Å². The normalized spacial score (nSPS) is 23.3. The average Bonchev–Trinajstić information content (AvgIpc) is 3.51. The standard InChI is InChI=1S/C39H50ClN5O5S/c1-5-9-27(23-49-37-17-19-45(7-3)42-37)24-51(41,47)43-38(46)29-12-16-36-34(21-29)44(22-30-11-14-32(30)35(6-2)48-4)25-39(26-50-36)18-8-10-28-20-31(40)13-15-33(28)39/h5-6,12-13,15-17,19-21,27,30,32,35H,1-2,7-11,14,18,22-26H2,3-4H3,(H2,41,43,46,47)/t27-,30+,32-,35+,39+,51?/m1/s1. The minimum absolute atomic E-state index is 0.0219. The third-order valence-corrected chi connectivity index (χ3v) is 12.4. The Kier molecular flexibility index (Phi) is 11.6. The van der Waals surface area contributed by atoms with Gasteiger partial charge in [-0.25, -0.2) is 9.35 Å². The number of nitrogens with two attached hydrogens (primary N) is 1. The van der Waals surface area contributed by atoms with Gasteiger partial charge in [0.25, 0.3) is 5.91 Å². The number of methoxy groups -OCH3 is 1. The molecule has 2 aromatic carbocycles. The van der Waals surface area contributed by atoms with E-state index in [9.17, 15) is 9.00 Å². The van der Waals surface area contributed by atoms with Crippen LogP contribution in [-0.4, -0.2) is 65.2 Å². The molecular weight excluding hydrogens is 686 g/mol. The smallest absolute Gasteiger partial charge is 0.286 e. The maximum Gasteiger partial charge on any atom is 0.286 e. The highest BCUT2D eigenvalue weighted by molar-refractivity contribution is 7.91. The van der Waals surface area contributed by atoms with E-state index >= 15 is 0 Å². The van der Waals surface area contributed by atoms with Gasteiger partial charge in [-0.05, 0) is 98.7 Å². The van der Waals surface area contributed by atoms with Crippen molar-refractivity contribution < 1.29 is 23.2 Å². The highest BCUT2D eigenvalue weighted by Gasteiger charge is 2.44. The lowest BCUT2D eigenvalue weighted by Crippen LogP contribution is -2.49. The van der Waals surface area contributed by atoms with Crippen molar-refractivity contribution in [2.45, 2.75) is 63.5 Å². The minimum atomic E-state index is -3.40. The maximum atomic E-state index is 13.7. The summed E-state index contributed by atoms with van der Waals surface area (Å²) in [5.41, 5.74) is 3.40. The largest absolute Gasteiger partial charge is 0.490 e. The summed E-state index contributed by atoms with van der Waals surface area (Å²) in [4.78, 5) is 16.1. The lowest BCUT2D eigenvalue weighted by atomic mass is 9.68. The Morgan fingerprint density at radius 3 is 2.80 bits per heavy atom. The van der Waals surface area contributed by atoms with Crippen LogP contribution in [0.1, 0.15) is 60.5 Å². The number of allylic oxidation sites excluding steroid dienone is 1. The van der Waals surface area contributed by atoms with Crippen LogP contribution in [0, 0.1) is 17.8 Å². The molecule has 6 atom stereocenters. The van der Waals surface area contributed by atoms with E-state index in [1.165, 1.54) is 11.1 Å². The van der Waals surface area contributed by atoms with Crippen LogP contribution in [0.25, 0.3) is 0 Å². The van der Waals surface area contributed by atoms with Gasteiger partial charge in [0.15, 0.2) is 0 Å². The molecule has 1 aliphatic heterocycles. The number of carbonyl (C=O) groups is 1. The summed E-state index contributed by atoms with van der Waals surface area (Å²) in [7, 11) is -1.66. The van der Waals surface area contributed by atoms with E-state index in [4.69, 9.17) is 31.0 Å². The van der Waals surface area contributed by atoms with Crippen LogP contribution in [0.3, 0.4) is 0 Å². The van der Waals surface area contributed by atoms with Crippen LogP contribution >= 0.6 is 11.6 Å². The molecule has 1 spiro atoms. The number of fused-ring (bicyclic) bond motifs is 3. The van der Waals surface area contributed by atoms with Gasteiger partial charge < -0.3 is 19.1 Å². The monoisotopic (exact) mass is 735 g/mol. The minimum Gasteiger partial charge on any atom is -0.490 e. The van der Waals surface area contributed by atoms with Crippen molar-refractivity contribution in [3.63, 3.8) is 0 Å². The van der Waals surface area contributed by atoms with Gasteiger partial charge in [0.2, 0.25) is 5.88 Å². The number of aromatic nitrogens is 2. The van der Waals surface area contributed by atoms with E-state index in [2.05, 4.69) is 39.7 Å². The molecule has 3 aromatic rings. The number of benzene rings is 2. The fourth-order valence-electron chi connectivity index (χ4n) is 8.02. The van der Waals surface area contributed by atoms with Crippen LogP contribution in [-0.2, 0) is 33.0 Å². The number of hydrogen-bond acceptors (Lipinski definition) is 7. The van der Waals surface area contributed by atoms with Crippen LogP contribution in [0.5, 0.6) is 11.6 Å². The number of ether oxygens (including phenoxy) is 3. The molecule has 2 aliphatic carbocycles. The topological polar surface area (TPSA) is 121 Å². The second-order valence-corrected chi connectivity index (χ2v) is 16.5. The predicted molar refractivity (Wildman–Crippen MR) is 203 cm³/mol. The molecule has 1 fully saturated rings. The summed E-state index contributed by atoms with van der Waals surface area (Å²) in [6, 6.07) is 13.3. The molecule has 0 saturated heterocycles. The molecule has 12 heteroatoms. The number of aryl methyl sites for hydroxylation is 2. The summed E-state index contributed by atoms with van der Waals surface area (Å²) >= 11 is 6.44. The number of anilines is 1. The summed E-state index contributed by atoms with van der Waals surface area (Å²) in [6.45, 7) is 12.8. The van der Waals surface area contributed by atoms with Crippen LogP contribution in [0.15, 0.2) is 78.3 Å². The zero-order valence-corrected chi connectivity index (χ0v) is 31.2. The quantitative estimate of drug-likeness (QED) is 0.177. The van der Waals surface area contributed by atoms with Crippen molar-refractivity contribution in [2.24, 2.45) is 27.3 Å². The van der Waals surface area contributed by atoms with E-state index < -0.39 is 15.8 Å². The SMILES string of the molecule is C=CC[C@H](COc1ccn(CC)n1)CS(N)(=O)=NC(=O)c1ccc2c(c1)N(C[C@@H]1CC[C@H]1[C@H](C=C)OC)C[C@@]1(CCCc3cc(Cl)ccc31)CO2. The molecule has 6 rings (SSSR count). The maximum absolute atomic E-state index is 13.7. The Labute approximate surface area is 307 Å². The van der Waals surface area contributed by atoms with Crippen molar-refractivity contribution in [3.8, 4) is 11.6 Å². The highest BCUT2D eigenvalue weighted by atomic mass is 35.5. The van der Waals surface area contributed by atoms with Crippen molar-refractivity contribution in [3.05, 3.63) is 95.7 Å². The first kappa shape index (κ1) is 37.1. The molecule has 1 saturated carbocycles. The first-order chi connectivity index (χ1) is 24.6. The van der Waals surface area contributed by atoms with Gasteiger partial charge in [0.1, 0.15) is 15.7 Å². The van der Waals surface area contributed by atoms with Crippen LogP contribution in [0.4, 0.5) is 5.69 Å². The number of nitrogens with zero attached hydrogens (tertiary/aromatic N) is 4. The Morgan fingerprint density at radius 1 is 1.25 bits per heavy atom. The fraction of sp³-hybridized carbons (Fsp3) is 0.487. The molecule has 1 aromatic heterocycles. The summed E-state index contributed by atoms with van der Waals surface area (Å²) < 4.78 is 37.8. The van der Waals surface area contributed by atoms with Gasteiger partial charge in [-0.2, -0.15) is 0 Å². The second kappa shape index (κ2) is 15.9. The van der Waals surface area contributed by atoms with Gasteiger partial charge in [0, 0.05) is 60.9 Å². The fourth-order valence-corrected chi connectivity index (χ4v) is 9.58. The van der Waals surface area contributed by atoms with E-state index in [0.717, 1.165) is 55.9 Å². The number of amides is 1. The molecule has 10 nitrogen and oxygen atoms in total. The lowest BCUT2D eigenvalue weighted by molar-refractivity contribution is 0.0135. The zero-order valence-electron chi connectivity index (χ0n) is 29.7. The number of halogens is 1. The molecule has 0 bridgehead atoms. The van der Waals surface area contributed by atoms with E-state index in [1.807, 2.05) is 37.4 Å². The number of carbonyl (C=O) groups excluding carboxylic acids is 1. The summed E-state index contributed by atoms with van der Waals surface area (Å²) in [5.74, 6) is 0.964. The van der Waals surface area contributed by atoms with Crippen LogP contribution < -0.4 is 19.5 Å². The van der Waals surface area contributed by atoms with E-state index in [-0.39, 0.29) is 29.8 Å². The summed E-state index contributed by atoms with van der Waals surface area (Å²) in [5, 5.41) is 11.3. The molecule has 0 radical (unpaired) electrons. The molecule has 1 unspecified atom stereocenters. The van der Waals surface area contributed by atoms with Crippen molar-refractivity contribution in [1.82, 2.24) is 9.78 Å². The predicted octanol–water partition coefficient (Wildman–Crippen LogP) is 7.01. The first-order valence-corrected chi connectivity index (χ1v) is 20.0. The third-order valence-electron chi connectivity index (χ3n) is 10.8. The lowest BCUT2D eigenvalue weighted by Gasteiger charge is -2.46. The third kappa shape index (κ3) is 8.38. The average molecular weight is 736 g/mol. The van der Waals surface area contributed by atoms with Gasteiger partial charge in [-0.3, -0.25) is 9.48 Å². The molecule has 3 aliphatic rings. The molecule has 2 heterocycles. The van der Waals surface area contributed by atoms with Crippen molar-refractivity contribution in [1.29, 1.82) is 0 Å². The van der Waals surface area contributed by atoms with Gasteiger partial charge >= 0.3 is 0 Å². The van der Waals surface area contributed by atoms with E-state index in [1.54, 1.807) is 30.0 Å². The molecule has 51 heavy (non-hydrogen) atoms. The summed E-state index contributed by atoms with van der Waals surface area (Å²) in [6.07, 6.45) is 11.0. The number of rotatable bonds is 14. The molecule has 274 valence electrons. The zero-order chi connectivity index (χ0) is 36.2. The van der Waals surface area contributed by atoms with Crippen molar-refractivity contribution in [2.75, 3.05) is 44.1 Å². The Morgan fingerprint density at radius 2 is 2.10 bits per heavy atom. The second-order valence-electron chi connectivity index (χ2n) is 14.2.